The lowest BCUT2D eigenvalue weighted by Crippen LogP contribution is -2.26. The highest BCUT2D eigenvalue weighted by molar-refractivity contribution is 7.12. The van der Waals surface area contributed by atoms with Crippen LogP contribution in [0.2, 0.25) is 5.02 Å². The largest absolute Gasteiger partial charge is 0.420 e. The molecule has 0 saturated carbocycles. The Morgan fingerprint density at radius 1 is 1.20 bits per heavy atom. The molecule has 0 radical (unpaired) electrons. The molecule has 1 amide bonds. The smallest absolute Gasteiger partial charge is 0.356 e. The number of hydrogen-bond donors (Lipinski definition) is 1. The maximum atomic E-state index is 13.1. The lowest BCUT2D eigenvalue weighted by atomic mass is 10.1. The predicted molar refractivity (Wildman–Crippen MR) is 107 cm³/mol. The van der Waals surface area contributed by atoms with E-state index in [0.29, 0.717) is 5.56 Å². The van der Waals surface area contributed by atoms with Gasteiger partial charge in [-0.2, -0.15) is 13.2 Å². The van der Waals surface area contributed by atoms with E-state index in [-0.39, 0.29) is 54.0 Å². The second kappa shape index (κ2) is 8.73. The van der Waals surface area contributed by atoms with E-state index in [0.717, 1.165) is 15.8 Å². The summed E-state index contributed by atoms with van der Waals surface area (Å²) in [6, 6.07) is 2.61. The van der Waals surface area contributed by atoms with Crippen LogP contribution < -0.4 is 5.32 Å². The highest BCUT2D eigenvalue weighted by Gasteiger charge is 2.35. The molecule has 0 unspecified atom stereocenters. The van der Waals surface area contributed by atoms with Gasteiger partial charge in [-0.3, -0.25) is 14.0 Å². The summed E-state index contributed by atoms with van der Waals surface area (Å²) >= 11 is 7.33. The van der Waals surface area contributed by atoms with Gasteiger partial charge in [0.1, 0.15) is 11.4 Å². The number of ketones is 1. The number of nitrogens with one attached hydrogen (secondary N) is 1. The third-order valence-corrected chi connectivity index (χ3v) is 5.61. The van der Waals surface area contributed by atoms with Gasteiger partial charge in [0.2, 0.25) is 5.91 Å². The summed E-state index contributed by atoms with van der Waals surface area (Å²) in [6.07, 6.45) is -3.05. The Labute approximate surface area is 179 Å². The van der Waals surface area contributed by atoms with Crippen molar-refractivity contribution >= 4 is 40.3 Å². The van der Waals surface area contributed by atoms with Crippen LogP contribution in [0.3, 0.4) is 0 Å². The van der Waals surface area contributed by atoms with E-state index < -0.39 is 11.7 Å². The summed E-state index contributed by atoms with van der Waals surface area (Å²) in [4.78, 5) is 26.2. The third-order valence-electron chi connectivity index (χ3n) is 4.44. The van der Waals surface area contributed by atoms with Crippen LogP contribution in [-0.2, 0) is 17.4 Å². The molecule has 0 aliphatic heterocycles. The molecule has 1 N–H and O–H groups in total. The highest BCUT2D eigenvalue weighted by Crippen LogP contribution is 2.33. The number of pyridine rings is 1. The van der Waals surface area contributed by atoms with Crippen LogP contribution in [0.15, 0.2) is 18.3 Å². The molecule has 0 bridgehead atoms. The number of aryl methyl sites for hydroxylation is 2. The van der Waals surface area contributed by atoms with E-state index >= 15 is 0 Å². The first-order chi connectivity index (χ1) is 14.1. The Hall–Kier alpha value is -2.46. The molecule has 0 aromatic carbocycles. The number of rotatable bonds is 7. The molecule has 0 saturated heterocycles. The van der Waals surface area contributed by atoms with Crippen LogP contribution in [0.5, 0.6) is 0 Å². The van der Waals surface area contributed by atoms with Crippen molar-refractivity contribution in [3.05, 3.63) is 50.1 Å². The number of Topliss-reactive ketones (excluding diaryl/α,β-unsaturated/α-hetero) is 1. The zero-order valence-electron chi connectivity index (χ0n) is 16.1. The van der Waals surface area contributed by atoms with Crippen molar-refractivity contribution in [3.8, 4) is 0 Å². The molecular weight excluding hydrogens is 441 g/mol. The number of alkyl halides is 3. The molecule has 3 aromatic heterocycles. The van der Waals surface area contributed by atoms with Crippen LogP contribution in [0.1, 0.15) is 44.3 Å². The van der Waals surface area contributed by atoms with Gasteiger partial charge >= 0.3 is 6.18 Å². The van der Waals surface area contributed by atoms with Gasteiger partial charge in [-0.05, 0) is 26.0 Å². The quantitative estimate of drug-likeness (QED) is 0.532. The number of amides is 1. The zero-order valence-corrected chi connectivity index (χ0v) is 17.7. The fourth-order valence-electron chi connectivity index (χ4n) is 3.06. The molecular formula is C19H18ClF3N4O2S. The summed E-state index contributed by atoms with van der Waals surface area (Å²) in [5.74, 6) is -0.181. The first-order valence-corrected chi connectivity index (χ1v) is 10.2. The first-order valence-electron chi connectivity index (χ1n) is 9.03. The topological polar surface area (TPSA) is 76.4 Å². The number of carbonyl (C=O) groups excluding carboxylic acids is 2. The maximum Gasteiger partial charge on any atom is 0.420 e. The molecule has 3 heterocycles. The van der Waals surface area contributed by atoms with Crippen molar-refractivity contribution in [2.45, 2.75) is 39.3 Å². The average molecular weight is 459 g/mol. The van der Waals surface area contributed by atoms with Crippen LogP contribution in [0.4, 0.5) is 13.2 Å². The summed E-state index contributed by atoms with van der Waals surface area (Å²) in [5, 5.41) is 9.94. The van der Waals surface area contributed by atoms with Crippen molar-refractivity contribution in [3.63, 3.8) is 0 Å². The lowest BCUT2D eigenvalue weighted by Gasteiger charge is -2.09. The number of hydrogen-bond acceptors (Lipinski definition) is 5. The second-order valence-electron chi connectivity index (χ2n) is 6.73. The monoisotopic (exact) mass is 458 g/mol. The fraction of sp³-hybridized carbons (Fsp3) is 0.368. The Morgan fingerprint density at radius 3 is 2.57 bits per heavy atom. The predicted octanol–water partition coefficient (Wildman–Crippen LogP) is 4.40. The van der Waals surface area contributed by atoms with Gasteiger partial charge in [0, 0.05) is 47.3 Å². The van der Waals surface area contributed by atoms with Crippen LogP contribution >= 0.6 is 22.9 Å². The first kappa shape index (κ1) is 22.2. The number of fused-ring (bicyclic) bond motifs is 1. The minimum absolute atomic E-state index is 0.0256. The van der Waals surface area contributed by atoms with Gasteiger partial charge in [0.15, 0.2) is 11.4 Å². The molecule has 6 nitrogen and oxygen atoms in total. The van der Waals surface area contributed by atoms with Crippen LogP contribution in [-0.4, -0.2) is 32.8 Å². The van der Waals surface area contributed by atoms with Crippen molar-refractivity contribution in [1.29, 1.82) is 0 Å². The Balaban J connectivity index is 1.57. The van der Waals surface area contributed by atoms with Gasteiger partial charge in [-0.1, -0.05) is 11.6 Å². The summed E-state index contributed by atoms with van der Waals surface area (Å²) < 4.78 is 40.6. The van der Waals surface area contributed by atoms with E-state index in [4.69, 9.17) is 11.6 Å². The molecule has 11 heteroatoms. The average Bonchev–Trinajstić information content (AvgIpc) is 3.20. The van der Waals surface area contributed by atoms with E-state index in [1.54, 1.807) is 0 Å². The second-order valence-corrected chi connectivity index (χ2v) is 8.63. The van der Waals surface area contributed by atoms with E-state index in [2.05, 4.69) is 15.5 Å². The maximum absolute atomic E-state index is 13.1. The minimum atomic E-state index is -4.61. The highest BCUT2D eigenvalue weighted by atomic mass is 35.5. The van der Waals surface area contributed by atoms with E-state index in [1.807, 2.05) is 19.9 Å². The Bertz CT molecular complexity index is 1110. The van der Waals surface area contributed by atoms with E-state index in [1.165, 1.54) is 21.9 Å². The van der Waals surface area contributed by atoms with Crippen molar-refractivity contribution in [2.24, 2.45) is 0 Å². The molecule has 30 heavy (non-hydrogen) atoms. The van der Waals surface area contributed by atoms with Crippen molar-refractivity contribution < 1.29 is 22.8 Å². The minimum Gasteiger partial charge on any atom is -0.356 e. The Kier molecular flexibility index (Phi) is 6.47. The van der Waals surface area contributed by atoms with Crippen LogP contribution in [0.25, 0.3) is 5.65 Å². The molecule has 3 rings (SSSR count). The molecule has 0 atom stereocenters. The molecule has 160 valence electrons. The molecule has 0 fully saturated rings. The van der Waals surface area contributed by atoms with Crippen LogP contribution in [0, 0.1) is 13.8 Å². The van der Waals surface area contributed by atoms with Gasteiger partial charge in [0.25, 0.3) is 0 Å². The van der Waals surface area contributed by atoms with Crippen molar-refractivity contribution in [2.75, 3.05) is 6.54 Å². The number of nitrogens with zero attached hydrogens (tertiary/aromatic N) is 3. The number of carbonyl (C=O) groups is 2. The van der Waals surface area contributed by atoms with Gasteiger partial charge < -0.3 is 5.32 Å². The number of halogens is 4. The van der Waals surface area contributed by atoms with E-state index in [9.17, 15) is 22.8 Å². The summed E-state index contributed by atoms with van der Waals surface area (Å²) in [5.41, 5.74) is -0.687. The molecule has 3 aromatic rings. The van der Waals surface area contributed by atoms with Crippen molar-refractivity contribution in [1.82, 2.24) is 19.9 Å². The SMILES string of the molecule is Cc1cc(C(=O)CCC(=O)NCCc2nnc3c(C(F)(F)F)cc(Cl)cn23)c(C)s1. The molecule has 0 aliphatic carbocycles. The van der Waals surface area contributed by atoms with Gasteiger partial charge in [-0.15, -0.1) is 21.5 Å². The number of aromatic nitrogens is 3. The third kappa shape index (κ3) is 4.99. The summed E-state index contributed by atoms with van der Waals surface area (Å²) in [7, 11) is 0. The van der Waals surface area contributed by atoms with Gasteiger partial charge in [-0.25, -0.2) is 0 Å². The summed E-state index contributed by atoms with van der Waals surface area (Å²) in [6.45, 7) is 3.92. The lowest BCUT2D eigenvalue weighted by molar-refractivity contribution is -0.136. The Morgan fingerprint density at radius 2 is 1.93 bits per heavy atom. The normalized spacial score (nSPS) is 11.8. The zero-order chi connectivity index (χ0) is 22.1. The molecule has 0 aliphatic rings. The number of thiophene rings is 1. The standard InChI is InChI=1S/C19H18ClF3N4O2S/c1-10-7-13(11(2)30-10)15(28)3-4-17(29)24-6-5-16-25-26-18-14(19(21,22)23)8-12(20)9-27(16)18/h7-9H,3-6H2,1-2H3,(H,24,29). The fourth-order valence-corrected chi connectivity index (χ4v) is 4.21. The molecule has 0 spiro atoms. The van der Waals surface area contributed by atoms with Gasteiger partial charge in [0.05, 0.1) is 5.02 Å².